The number of hydrogen-bond acceptors (Lipinski definition) is 5. The van der Waals surface area contributed by atoms with Crippen molar-refractivity contribution in [2.75, 3.05) is 18.4 Å². The Bertz CT molecular complexity index is 808. The van der Waals surface area contributed by atoms with Crippen LogP contribution in [0.2, 0.25) is 0 Å². The minimum atomic E-state index is -2.58. The maximum Gasteiger partial charge on any atom is 0.280 e. The molecule has 2 aromatic heterocycles. The average molecular weight is 372 g/mol. The van der Waals surface area contributed by atoms with Gasteiger partial charge in [0.25, 0.3) is 6.43 Å². The molecular weight excluding hydrogens is 350 g/mol. The van der Waals surface area contributed by atoms with Crippen LogP contribution < -0.4 is 5.32 Å². The fourth-order valence-corrected chi connectivity index (χ4v) is 3.97. The Morgan fingerprint density at radius 3 is 2.70 bits per heavy atom. The van der Waals surface area contributed by atoms with Gasteiger partial charge in [-0.3, -0.25) is 9.67 Å². The largest absolute Gasteiger partial charge is 0.337 e. The highest BCUT2D eigenvalue weighted by atomic mass is 19.3. The topological polar surface area (TPSA) is 69.8 Å². The van der Waals surface area contributed by atoms with Gasteiger partial charge in [0.15, 0.2) is 5.82 Å². The lowest BCUT2D eigenvalue weighted by Crippen LogP contribution is -2.48. The summed E-state index contributed by atoms with van der Waals surface area (Å²) < 4.78 is 27.0. The van der Waals surface area contributed by atoms with E-state index in [1.54, 1.807) is 6.07 Å². The van der Waals surface area contributed by atoms with Crippen molar-refractivity contribution in [2.24, 2.45) is 5.92 Å². The van der Waals surface area contributed by atoms with Gasteiger partial charge in [-0.2, -0.15) is 10.4 Å². The zero-order valence-electron chi connectivity index (χ0n) is 14.9. The Hall–Kier alpha value is -2.53. The van der Waals surface area contributed by atoms with Crippen LogP contribution in [-0.4, -0.2) is 38.8 Å². The zero-order chi connectivity index (χ0) is 18.8. The molecule has 1 aliphatic heterocycles. The van der Waals surface area contributed by atoms with Crippen LogP contribution in [0.3, 0.4) is 0 Å². The molecule has 1 saturated heterocycles. The van der Waals surface area contributed by atoms with E-state index in [0.717, 1.165) is 32.4 Å². The number of aromatic nitrogens is 3. The summed E-state index contributed by atoms with van der Waals surface area (Å²) >= 11 is 0. The fourth-order valence-electron chi connectivity index (χ4n) is 3.97. The first-order valence-corrected chi connectivity index (χ1v) is 9.34. The van der Waals surface area contributed by atoms with E-state index in [2.05, 4.69) is 26.4 Å². The van der Waals surface area contributed by atoms with Crippen molar-refractivity contribution in [2.45, 2.75) is 44.2 Å². The number of halogens is 2. The molecule has 3 heterocycles. The molecule has 1 saturated carbocycles. The molecule has 0 amide bonds. The summed E-state index contributed by atoms with van der Waals surface area (Å²) in [5.74, 6) is 0.562. The van der Waals surface area contributed by atoms with E-state index >= 15 is 0 Å². The quantitative estimate of drug-likeness (QED) is 0.862. The van der Waals surface area contributed by atoms with Crippen LogP contribution in [-0.2, 0) is 0 Å². The Kier molecular flexibility index (Phi) is 5.03. The monoisotopic (exact) mass is 372 g/mol. The molecule has 142 valence electrons. The van der Waals surface area contributed by atoms with E-state index < -0.39 is 6.43 Å². The Morgan fingerprint density at radius 1 is 1.22 bits per heavy atom. The zero-order valence-corrected chi connectivity index (χ0v) is 14.9. The number of anilines is 2. The summed E-state index contributed by atoms with van der Waals surface area (Å²) in [6.07, 6.45) is 4.85. The second-order valence-corrected chi connectivity index (χ2v) is 7.24. The van der Waals surface area contributed by atoms with Gasteiger partial charge in [-0.1, -0.05) is 0 Å². The molecule has 2 fully saturated rings. The Balaban J connectivity index is 1.41. The van der Waals surface area contributed by atoms with Crippen LogP contribution >= 0.6 is 0 Å². The average Bonchev–Trinajstić information content (AvgIpc) is 3.09. The lowest BCUT2D eigenvalue weighted by molar-refractivity contribution is 0.0650. The molecule has 1 N–H and O–H groups in total. The van der Waals surface area contributed by atoms with Crippen LogP contribution in [0.1, 0.15) is 43.8 Å². The molecule has 0 spiro atoms. The molecule has 8 heteroatoms. The maximum atomic E-state index is 12.6. The van der Waals surface area contributed by atoms with E-state index in [1.165, 1.54) is 18.7 Å². The number of nitrogens with zero attached hydrogens (tertiary/aromatic N) is 5. The normalized spacial score (nSPS) is 25.8. The molecule has 2 aromatic rings. The van der Waals surface area contributed by atoms with E-state index in [9.17, 15) is 14.0 Å². The van der Waals surface area contributed by atoms with Crippen molar-refractivity contribution in [3.8, 4) is 6.07 Å². The highest BCUT2D eigenvalue weighted by molar-refractivity contribution is 5.54. The lowest BCUT2D eigenvalue weighted by atomic mass is 9.81. The van der Waals surface area contributed by atoms with Gasteiger partial charge in [0, 0.05) is 18.3 Å². The van der Waals surface area contributed by atoms with Gasteiger partial charge in [0.2, 0.25) is 0 Å². The molecule has 6 nitrogen and oxygen atoms in total. The lowest BCUT2D eigenvalue weighted by Gasteiger charge is -2.43. The molecule has 27 heavy (non-hydrogen) atoms. The summed E-state index contributed by atoms with van der Waals surface area (Å²) in [7, 11) is 0. The van der Waals surface area contributed by atoms with Gasteiger partial charge in [-0.25, -0.2) is 8.78 Å². The number of hydrogen-bond donors (Lipinski definition) is 1. The van der Waals surface area contributed by atoms with Gasteiger partial charge in [0.1, 0.15) is 5.69 Å². The third kappa shape index (κ3) is 3.78. The van der Waals surface area contributed by atoms with E-state index in [4.69, 9.17) is 0 Å². The first kappa shape index (κ1) is 17.9. The molecular formula is C19H22F2N6. The number of rotatable bonds is 5. The van der Waals surface area contributed by atoms with Crippen molar-refractivity contribution in [1.29, 1.82) is 5.26 Å². The third-order valence-electron chi connectivity index (χ3n) is 5.59. The number of pyridine rings is 1. The molecule has 4 rings (SSSR count). The van der Waals surface area contributed by atoms with Crippen LogP contribution in [0.15, 0.2) is 30.6 Å². The van der Waals surface area contributed by atoms with Crippen molar-refractivity contribution >= 4 is 11.5 Å². The van der Waals surface area contributed by atoms with Crippen molar-refractivity contribution in [3.63, 3.8) is 0 Å². The number of likely N-dealkylation sites (tertiary alicyclic amines) is 1. The molecule has 0 aromatic carbocycles. The predicted molar refractivity (Wildman–Crippen MR) is 96.7 cm³/mol. The van der Waals surface area contributed by atoms with Crippen LogP contribution in [0, 0.1) is 17.2 Å². The Labute approximate surface area is 156 Å². The summed E-state index contributed by atoms with van der Waals surface area (Å²) in [4.78, 5) is 6.22. The van der Waals surface area contributed by atoms with E-state index in [-0.39, 0.29) is 17.7 Å². The van der Waals surface area contributed by atoms with Gasteiger partial charge in [-0.05, 0) is 50.9 Å². The summed E-state index contributed by atoms with van der Waals surface area (Å²) in [5.41, 5.74) is 0.352. The van der Waals surface area contributed by atoms with Gasteiger partial charge in [0.05, 0.1) is 29.9 Å². The molecule has 3 atom stereocenters. The molecule has 1 aliphatic carbocycles. The van der Waals surface area contributed by atoms with Crippen LogP contribution in [0.5, 0.6) is 0 Å². The number of nitrogens with one attached hydrogen (secondary N) is 1. The minimum absolute atomic E-state index is 0.0518. The predicted octanol–water partition coefficient (Wildman–Crippen LogP) is 3.90. The minimum Gasteiger partial charge on any atom is -0.337 e. The van der Waals surface area contributed by atoms with Gasteiger partial charge < -0.3 is 10.2 Å². The van der Waals surface area contributed by atoms with Crippen LogP contribution in [0.25, 0.3) is 0 Å². The molecule has 0 radical (unpaired) electrons. The highest BCUT2D eigenvalue weighted by Crippen LogP contribution is 2.37. The van der Waals surface area contributed by atoms with Gasteiger partial charge >= 0.3 is 0 Å². The standard InChI is InChI=1S/C19H22F2N6/c20-19(21)16-4-2-14(12-23-16)24-18-6-9-27(25-18)17-5-3-15(10-13(17)11-22)26-7-1-8-26/h2,4,6,9,12-13,15,17,19H,1,3,5,7-8,10H2,(H,24,25). The second-order valence-electron chi connectivity index (χ2n) is 7.24. The van der Waals surface area contributed by atoms with Crippen molar-refractivity contribution in [1.82, 2.24) is 19.7 Å². The SMILES string of the molecule is N#CC1CC(N2CCC2)CCC1n1ccc(Nc2ccc(C(F)F)nc2)n1. The third-order valence-corrected chi connectivity index (χ3v) is 5.59. The van der Waals surface area contributed by atoms with Crippen molar-refractivity contribution in [3.05, 3.63) is 36.3 Å². The highest BCUT2D eigenvalue weighted by Gasteiger charge is 2.36. The first-order valence-electron chi connectivity index (χ1n) is 9.34. The Morgan fingerprint density at radius 2 is 2.07 bits per heavy atom. The summed E-state index contributed by atoms with van der Waals surface area (Å²) in [6.45, 7) is 2.31. The summed E-state index contributed by atoms with van der Waals surface area (Å²) in [5, 5.41) is 17.3. The molecule has 2 aliphatic rings. The van der Waals surface area contributed by atoms with E-state index in [1.807, 2.05) is 16.9 Å². The molecule has 3 unspecified atom stereocenters. The van der Waals surface area contributed by atoms with E-state index in [0.29, 0.717) is 17.5 Å². The molecule has 0 bridgehead atoms. The maximum absolute atomic E-state index is 12.6. The number of nitriles is 1. The second kappa shape index (κ2) is 7.61. The smallest absolute Gasteiger partial charge is 0.280 e. The van der Waals surface area contributed by atoms with Crippen molar-refractivity contribution < 1.29 is 8.78 Å². The number of alkyl halides is 2. The first-order chi connectivity index (χ1) is 13.1. The summed E-state index contributed by atoms with van der Waals surface area (Å²) in [6, 6.07) is 7.75. The van der Waals surface area contributed by atoms with Crippen LogP contribution in [0.4, 0.5) is 20.3 Å². The fraction of sp³-hybridized carbons (Fsp3) is 0.526. The van der Waals surface area contributed by atoms with Gasteiger partial charge in [-0.15, -0.1) is 0 Å².